The molecule has 1 heterocycles. The summed E-state index contributed by atoms with van der Waals surface area (Å²) < 4.78 is 36.8. The molecular weight excluding hydrogens is 309 g/mol. The molecule has 1 rings (SSSR count). The Hall–Kier alpha value is -1.61. The molecule has 0 fully saturated rings. The van der Waals surface area contributed by atoms with E-state index in [2.05, 4.69) is 5.32 Å². The second-order valence-corrected chi connectivity index (χ2v) is 4.95. The van der Waals surface area contributed by atoms with Gasteiger partial charge in [-0.2, -0.15) is 24.5 Å². The van der Waals surface area contributed by atoms with Crippen LogP contribution in [0.15, 0.2) is 16.8 Å². The fourth-order valence-corrected chi connectivity index (χ4v) is 2.20. The molecule has 118 valence electrons. The van der Waals surface area contributed by atoms with Crippen LogP contribution in [-0.2, 0) is 4.79 Å². The molecule has 0 spiro atoms. The number of thiophene rings is 1. The zero-order valence-corrected chi connectivity index (χ0v) is 11.8. The van der Waals surface area contributed by atoms with Gasteiger partial charge in [0.05, 0.1) is 6.61 Å². The highest BCUT2D eigenvalue weighted by atomic mass is 32.1. The largest absolute Gasteiger partial charge is 0.406 e. The number of aliphatic hydroxyl groups excluding tert-OH is 1. The Bertz CT molecular complexity index is 463. The Labute approximate surface area is 123 Å². The molecule has 9 heteroatoms. The normalized spacial score (nSPS) is 11.2. The van der Waals surface area contributed by atoms with Crippen LogP contribution in [0.2, 0.25) is 0 Å². The van der Waals surface area contributed by atoms with E-state index >= 15 is 0 Å². The van der Waals surface area contributed by atoms with E-state index in [1.54, 1.807) is 16.8 Å². The van der Waals surface area contributed by atoms with E-state index in [9.17, 15) is 22.8 Å². The molecule has 2 N–H and O–H groups in total. The molecule has 1 aromatic rings. The van der Waals surface area contributed by atoms with Crippen molar-refractivity contribution in [2.45, 2.75) is 12.6 Å². The standard InChI is InChI=1S/C12H15F3N2O3S/c13-12(14,15)8-17(4-5-18)10(19)1-3-16-11(20)9-2-6-21-7-9/h2,6-7,18H,1,3-5,8H2,(H,16,20). The van der Waals surface area contributed by atoms with Gasteiger partial charge in [-0.05, 0) is 11.4 Å². The average molecular weight is 324 g/mol. The molecule has 1 aromatic heterocycles. The number of hydrogen-bond acceptors (Lipinski definition) is 4. The summed E-state index contributed by atoms with van der Waals surface area (Å²) in [4.78, 5) is 23.7. The van der Waals surface area contributed by atoms with Crippen LogP contribution in [0.1, 0.15) is 16.8 Å². The molecule has 21 heavy (non-hydrogen) atoms. The van der Waals surface area contributed by atoms with Crippen molar-refractivity contribution >= 4 is 23.2 Å². The highest BCUT2D eigenvalue weighted by Crippen LogP contribution is 2.16. The first-order valence-electron chi connectivity index (χ1n) is 6.09. The molecule has 2 amide bonds. The van der Waals surface area contributed by atoms with Crippen LogP contribution in [0.5, 0.6) is 0 Å². The van der Waals surface area contributed by atoms with Crippen LogP contribution in [0.25, 0.3) is 0 Å². The third kappa shape index (κ3) is 6.58. The minimum Gasteiger partial charge on any atom is -0.395 e. The molecular formula is C12H15F3N2O3S. The molecule has 0 atom stereocenters. The monoisotopic (exact) mass is 324 g/mol. The van der Waals surface area contributed by atoms with E-state index in [1.807, 2.05) is 0 Å². The van der Waals surface area contributed by atoms with Gasteiger partial charge >= 0.3 is 6.18 Å². The number of nitrogens with zero attached hydrogens (tertiary/aromatic N) is 1. The number of halogens is 3. The van der Waals surface area contributed by atoms with Gasteiger partial charge in [0.1, 0.15) is 6.54 Å². The van der Waals surface area contributed by atoms with Crippen molar-refractivity contribution in [1.29, 1.82) is 0 Å². The molecule has 0 aliphatic heterocycles. The summed E-state index contributed by atoms with van der Waals surface area (Å²) in [7, 11) is 0. The topological polar surface area (TPSA) is 69.6 Å². The van der Waals surface area contributed by atoms with E-state index < -0.39 is 31.8 Å². The van der Waals surface area contributed by atoms with E-state index in [1.165, 1.54) is 11.3 Å². The van der Waals surface area contributed by atoms with Gasteiger partial charge in [0.25, 0.3) is 5.91 Å². The number of aliphatic hydroxyl groups is 1. The van der Waals surface area contributed by atoms with Gasteiger partial charge < -0.3 is 15.3 Å². The van der Waals surface area contributed by atoms with Crippen molar-refractivity contribution in [3.8, 4) is 0 Å². The van der Waals surface area contributed by atoms with Gasteiger partial charge in [-0.3, -0.25) is 9.59 Å². The summed E-state index contributed by atoms with van der Waals surface area (Å²) in [6.45, 7) is -2.42. The van der Waals surface area contributed by atoms with Crippen molar-refractivity contribution in [2.24, 2.45) is 0 Å². The predicted octanol–water partition coefficient (Wildman–Crippen LogP) is 1.25. The number of alkyl halides is 3. The minimum atomic E-state index is -4.52. The Balaban J connectivity index is 2.41. The maximum atomic E-state index is 12.3. The number of carbonyl (C=O) groups excluding carboxylic acids is 2. The Morgan fingerprint density at radius 2 is 2.10 bits per heavy atom. The Morgan fingerprint density at radius 3 is 2.62 bits per heavy atom. The van der Waals surface area contributed by atoms with Crippen molar-refractivity contribution in [2.75, 3.05) is 26.2 Å². The molecule has 5 nitrogen and oxygen atoms in total. The summed E-state index contributed by atoms with van der Waals surface area (Å²) in [5.74, 6) is -1.15. The summed E-state index contributed by atoms with van der Waals surface area (Å²) in [5, 5.41) is 14.5. The number of rotatable bonds is 7. The van der Waals surface area contributed by atoms with E-state index in [0.29, 0.717) is 10.5 Å². The van der Waals surface area contributed by atoms with Crippen molar-refractivity contribution in [3.05, 3.63) is 22.4 Å². The van der Waals surface area contributed by atoms with Crippen LogP contribution in [0, 0.1) is 0 Å². The summed E-state index contributed by atoms with van der Waals surface area (Å²) >= 11 is 1.34. The lowest BCUT2D eigenvalue weighted by Gasteiger charge is -2.23. The molecule has 0 aromatic carbocycles. The van der Waals surface area contributed by atoms with Crippen LogP contribution in [-0.4, -0.2) is 54.2 Å². The van der Waals surface area contributed by atoms with Crippen LogP contribution in [0.4, 0.5) is 13.2 Å². The van der Waals surface area contributed by atoms with Gasteiger partial charge in [-0.25, -0.2) is 0 Å². The van der Waals surface area contributed by atoms with Gasteiger partial charge in [0.2, 0.25) is 5.91 Å². The molecule has 0 unspecified atom stereocenters. The third-order valence-electron chi connectivity index (χ3n) is 2.50. The fraction of sp³-hybridized carbons (Fsp3) is 0.500. The maximum Gasteiger partial charge on any atom is 0.406 e. The second kappa shape index (κ2) is 7.99. The predicted molar refractivity (Wildman–Crippen MR) is 71.0 cm³/mol. The average Bonchev–Trinajstić information content (AvgIpc) is 2.90. The lowest BCUT2D eigenvalue weighted by Crippen LogP contribution is -2.41. The first kappa shape index (κ1) is 17.4. The zero-order chi connectivity index (χ0) is 15.9. The van der Waals surface area contributed by atoms with Crippen LogP contribution in [0.3, 0.4) is 0 Å². The molecule has 0 saturated carbocycles. The highest BCUT2D eigenvalue weighted by Gasteiger charge is 2.32. The van der Waals surface area contributed by atoms with Crippen LogP contribution < -0.4 is 5.32 Å². The van der Waals surface area contributed by atoms with E-state index in [-0.39, 0.29) is 18.9 Å². The van der Waals surface area contributed by atoms with Gasteiger partial charge in [-0.1, -0.05) is 0 Å². The fourth-order valence-electron chi connectivity index (χ4n) is 1.57. The summed E-state index contributed by atoms with van der Waals surface area (Å²) in [6.07, 6.45) is -4.78. The molecule has 0 saturated heterocycles. The van der Waals surface area contributed by atoms with Crippen molar-refractivity contribution in [3.63, 3.8) is 0 Å². The third-order valence-corrected chi connectivity index (χ3v) is 3.18. The first-order chi connectivity index (χ1) is 9.83. The smallest absolute Gasteiger partial charge is 0.395 e. The first-order valence-corrected chi connectivity index (χ1v) is 7.03. The highest BCUT2D eigenvalue weighted by molar-refractivity contribution is 7.08. The number of carbonyl (C=O) groups is 2. The zero-order valence-electron chi connectivity index (χ0n) is 11.0. The number of hydrogen-bond donors (Lipinski definition) is 2. The lowest BCUT2D eigenvalue weighted by molar-refractivity contribution is -0.161. The number of amides is 2. The van der Waals surface area contributed by atoms with Gasteiger partial charge in [-0.15, -0.1) is 0 Å². The second-order valence-electron chi connectivity index (χ2n) is 4.17. The molecule has 0 bridgehead atoms. The molecule has 0 aliphatic carbocycles. The SMILES string of the molecule is O=C(NCCC(=O)N(CCO)CC(F)(F)F)c1ccsc1. The van der Waals surface area contributed by atoms with Gasteiger partial charge in [0.15, 0.2) is 0 Å². The van der Waals surface area contributed by atoms with Crippen molar-refractivity contribution < 1.29 is 27.9 Å². The van der Waals surface area contributed by atoms with Crippen molar-refractivity contribution in [1.82, 2.24) is 10.2 Å². The summed E-state index contributed by atoms with van der Waals surface area (Å²) in [5.41, 5.74) is 0.440. The number of nitrogens with one attached hydrogen (secondary N) is 1. The Morgan fingerprint density at radius 1 is 1.38 bits per heavy atom. The molecule has 0 aliphatic rings. The van der Waals surface area contributed by atoms with Crippen LogP contribution >= 0.6 is 11.3 Å². The Kier molecular flexibility index (Phi) is 6.63. The maximum absolute atomic E-state index is 12.3. The minimum absolute atomic E-state index is 0.0622. The quantitative estimate of drug-likeness (QED) is 0.793. The molecule has 0 radical (unpaired) electrons. The summed E-state index contributed by atoms with van der Waals surface area (Å²) in [6, 6.07) is 1.60. The van der Waals surface area contributed by atoms with Gasteiger partial charge in [0, 0.05) is 30.5 Å². The van der Waals surface area contributed by atoms with E-state index in [4.69, 9.17) is 5.11 Å². The van der Waals surface area contributed by atoms with E-state index in [0.717, 1.165) is 0 Å². The lowest BCUT2D eigenvalue weighted by atomic mass is 10.3.